The number of hydrogen-bond donors (Lipinski definition) is 0. The number of fused-ring (bicyclic) bond motifs is 4. The van der Waals surface area contributed by atoms with E-state index in [1.54, 1.807) is 0 Å². The fourth-order valence-corrected chi connectivity index (χ4v) is 9.63. The molecule has 7 aromatic carbocycles. The van der Waals surface area contributed by atoms with Crippen molar-refractivity contribution in [2.24, 2.45) is 11.8 Å². The van der Waals surface area contributed by atoms with Crippen LogP contribution < -0.4 is 14.5 Å². The van der Waals surface area contributed by atoms with Gasteiger partial charge >= 0.3 is 0 Å². The van der Waals surface area contributed by atoms with Crippen LogP contribution in [0.3, 0.4) is 0 Å². The molecule has 0 saturated carbocycles. The molecule has 3 heterocycles. The zero-order valence-electron chi connectivity index (χ0n) is 42.7. The molecule has 0 N–H and O–H groups in total. The largest absolute Gasteiger partial charge is 0.489 e. The van der Waals surface area contributed by atoms with Crippen molar-refractivity contribution in [2.75, 3.05) is 23.0 Å². The van der Waals surface area contributed by atoms with Crippen LogP contribution in [0.4, 0.5) is 17.1 Å². The van der Waals surface area contributed by atoms with Crippen molar-refractivity contribution in [1.82, 2.24) is 9.55 Å². The number of para-hydroxylation sites is 2. The van der Waals surface area contributed by atoms with Gasteiger partial charge in [-0.2, -0.15) is 0 Å². The molecule has 0 atom stereocenters. The van der Waals surface area contributed by atoms with Crippen LogP contribution in [0.1, 0.15) is 63.2 Å². The summed E-state index contributed by atoms with van der Waals surface area (Å²) >= 11 is 0. The summed E-state index contributed by atoms with van der Waals surface area (Å²) in [6.45, 7) is 10.7. The van der Waals surface area contributed by atoms with Gasteiger partial charge in [0.05, 0.1) is 35.9 Å². The number of rotatable bonds is 15. The number of pyridine rings is 1. The summed E-state index contributed by atoms with van der Waals surface area (Å²) in [6, 6.07) is 49.8. The number of benzene rings is 7. The van der Waals surface area contributed by atoms with Gasteiger partial charge in [-0.1, -0.05) is 137 Å². The highest BCUT2D eigenvalue weighted by atomic mass is 16.5. The van der Waals surface area contributed by atoms with Crippen LogP contribution in [0.2, 0.25) is 0 Å². The van der Waals surface area contributed by atoms with Crippen LogP contribution in [0.15, 0.2) is 182 Å². The molecule has 2 aromatic heterocycles. The Morgan fingerprint density at radius 1 is 0.631 bits per heavy atom. The molecule has 0 amide bonds. The van der Waals surface area contributed by atoms with Crippen molar-refractivity contribution in [3.63, 3.8) is 0 Å². The maximum atomic E-state index is 8.80. The van der Waals surface area contributed by atoms with Crippen LogP contribution in [0.5, 0.6) is 5.75 Å². The van der Waals surface area contributed by atoms with Gasteiger partial charge < -0.3 is 14.5 Å². The molecular weight excluding hydrogens is 793 g/mol. The lowest BCUT2D eigenvalue weighted by Gasteiger charge is -2.23. The Bertz CT molecular complexity index is 3360. The lowest BCUT2D eigenvalue weighted by Crippen LogP contribution is -2.29. The molecule has 0 aliphatic carbocycles. The molecule has 0 bridgehead atoms. The summed E-state index contributed by atoms with van der Waals surface area (Å²) in [5, 5.41) is 2.31. The average Bonchev–Trinajstić information content (AvgIpc) is 3.90. The minimum atomic E-state index is -0.373. The number of anilines is 3. The molecule has 1 aliphatic rings. The molecule has 65 heavy (non-hydrogen) atoms. The Labute approximate surface area is 391 Å². The SMILES string of the molecule is [2H]c1c([2H])c([2H])c(-c2cccc(CC(C)C)c2CCCN2CN(c3cccc(COc4ccc5c6cc(-c7ccccc7)ccc6n(-c6cc(CC(C)C)ccn6)c5c4)c3)c3ccccc32)c([2H])c1[2H]. The van der Waals surface area contributed by atoms with Crippen molar-refractivity contribution in [3.05, 3.63) is 204 Å². The van der Waals surface area contributed by atoms with Gasteiger partial charge in [-0.25, -0.2) is 4.98 Å². The second-order valence-corrected chi connectivity index (χ2v) is 18.2. The van der Waals surface area contributed by atoms with Gasteiger partial charge in [0.1, 0.15) is 18.2 Å². The van der Waals surface area contributed by atoms with Gasteiger partial charge in [-0.15, -0.1) is 0 Å². The third-order valence-electron chi connectivity index (χ3n) is 12.5. The normalized spacial score (nSPS) is 13.6. The molecule has 0 unspecified atom stereocenters. The van der Waals surface area contributed by atoms with Crippen LogP contribution in [-0.4, -0.2) is 22.8 Å². The summed E-state index contributed by atoms with van der Waals surface area (Å²) in [5.41, 5.74) is 13.4. The van der Waals surface area contributed by atoms with Crippen LogP contribution in [0.25, 0.3) is 49.9 Å². The maximum Gasteiger partial charge on any atom is 0.137 e. The third kappa shape index (κ3) is 8.89. The van der Waals surface area contributed by atoms with E-state index in [1.807, 2.05) is 18.3 Å². The van der Waals surface area contributed by atoms with Crippen LogP contribution >= 0.6 is 0 Å². The number of nitrogens with zero attached hydrogens (tertiary/aromatic N) is 4. The molecule has 1 aliphatic heterocycles. The second kappa shape index (κ2) is 18.5. The first-order valence-corrected chi connectivity index (χ1v) is 23.0. The maximum absolute atomic E-state index is 8.80. The highest BCUT2D eigenvalue weighted by Crippen LogP contribution is 2.42. The molecule has 0 radical (unpaired) electrons. The molecule has 5 heteroatoms. The Hall–Kier alpha value is -7.11. The number of ether oxygens (including phenoxy) is 1. The van der Waals surface area contributed by atoms with E-state index in [4.69, 9.17) is 16.6 Å². The Morgan fingerprint density at radius 2 is 1.43 bits per heavy atom. The zero-order valence-corrected chi connectivity index (χ0v) is 37.7. The summed E-state index contributed by atoms with van der Waals surface area (Å²) in [6.07, 6.45) is 5.25. The first-order valence-electron chi connectivity index (χ1n) is 25.5. The molecule has 10 rings (SSSR count). The lowest BCUT2D eigenvalue weighted by atomic mass is 9.89. The first kappa shape index (κ1) is 36.3. The molecule has 0 spiro atoms. The third-order valence-corrected chi connectivity index (χ3v) is 12.5. The quantitative estimate of drug-likeness (QED) is 0.103. The van der Waals surface area contributed by atoms with Gasteiger partial charge in [-0.05, 0) is 143 Å². The van der Waals surface area contributed by atoms with Crippen LogP contribution in [0, 0.1) is 11.8 Å². The predicted octanol–water partition coefficient (Wildman–Crippen LogP) is 15.0. The summed E-state index contributed by atoms with van der Waals surface area (Å²) in [5.74, 6) is 2.59. The van der Waals surface area contributed by atoms with Gasteiger partial charge in [0.15, 0.2) is 0 Å². The molecule has 0 fully saturated rings. The highest BCUT2D eigenvalue weighted by molar-refractivity contribution is 6.10. The van der Waals surface area contributed by atoms with Crippen molar-refractivity contribution in [3.8, 4) is 33.8 Å². The van der Waals surface area contributed by atoms with E-state index in [2.05, 4.69) is 176 Å². The van der Waals surface area contributed by atoms with E-state index in [0.717, 1.165) is 93.1 Å². The minimum absolute atomic E-state index is 0.162. The van der Waals surface area contributed by atoms with Crippen molar-refractivity contribution in [1.29, 1.82) is 0 Å². The fraction of sp³-hybridized carbons (Fsp3) is 0.217. The summed E-state index contributed by atoms with van der Waals surface area (Å²) in [4.78, 5) is 9.69. The highest BCUT2D eigenvalue weighted by Gasteiger charge is 2.27. The number of aromatic nitrogens is 2. The smallest absolute Gasteiger partial charge is 0.137 e. The number of hydrogen-bond acceptors (Lipinski definition) is 4. The van der Waals surface area contributed by atoms with E-state index in [1.165, 1.54) is 22.1 Å². The molecule has 324 valence electrons. The first-order chi connectivity index (χ1) is 33.9. The van der Waals surface area contributed by atoms with E-state index in [0.29, 0.717) is 31.5 Å². The van der Waals surface area contributed by atoms with Gasteiger partial charge in [0, 0.05) is 35.3 Å². The Kier molecular flexibility index (Phi) is 10.3. The Morgan fingerprint density at radius 3 is 2.26 bits per heavy atom. The predicted molar refractivity (Wildman–Crippen MR) is 273 cm³/mol. The average molecular weight is 856 g/mol. The monoisotopic (exact) mass is 855 g/mol. The molecule has 0 saturated heterocycles. The van der Waals surface area contributed by atoms with Gasteiger partial charge in [-0.3, -0.25) is 4.57 Å². The van der Waals surface area contributed by atoms with E-state index >= 15 is 0 Å². The van der Waals surface area contributed by atoms with E-state index in [9.17, 15) is 0 Å². The van der Waals surface area contributed by atoms with Gasteiger partial charge in [0.25, 0.3) is 0 Å². The topological polar surface area (TPSA) is 33.5 Å². The molecule has 9 aromatic rings. The van der Waals surface area contributed by atoms with Crippen LogP contribution in [-0.2, 0) is 25.9 Å². The zero-order chi connectivity index (χ0) is 48.6. The second-order valence-electron chi connectivity index (χ2n) is 18.2. The molecule has 5 nitrogen and oxygen atoms in total. The van der Waals surface area contributed by atoms with Crippen molar-refractivity contribution in [2.45, 2.75) is 60.0 Å². The van der Waals surface area contributed by atoms with E-state index in [-0.39, 0.29) is 35.8 Å². The van der Waals surface area contributed by atoms with Crippen molar-refractivity contribution < 1.29 is 11.6 Å². The van der Waals surface area contributed by atoms with E-state index < -0.39 is 0 Å². The standard InChI is InChI=1S/C60H58N4O/c1-42(2)34-44-31-32-61-60(37-44)64-56-30-27-48(46-17-7-5-8-18-46)38-55(56)54-29-28-51(39-59(54)64)65-40-45-16-13-22-50(36-45)63-41-62(57-25-11-12-26-58(57)63)33-15-24-53-49(35-43(3)4)21-14-23-52(53)47-19-9-6-10-20-47/h5-14,16-23,25-32,36-39,42-43H,15,24,33-35,40-41H2,1-4H3/i6D,9D,10D,19D,20D. The lowest BCUT2D eigenvalue weighted by molar-refractivity contribution is 0.306. The Balaban J connectivity index is 0.899. The summed E-state index contributed by atoms with van der Waals surface area (Å²) < 4.78 is 51.5. The van der Waals surface area contributed by atoms with Crippen molar-refractivity contribution >= 4 is 38.9 Å². The summed E-state index contributed by atoms with van der Waals surface area (Å²) in [7, 11) is 0. The fourth-order valence-electron chi connectivity index (χ4n) is 9.63. The minimum Gasteiger partial charge on any atom is -0.489 e. The van der Waals surface area contributed by atoms with Gasteiger partial charge in [0.2, 0.25) is 0 Å². The molecular formula is C60H58N4O.